The Morgan fingerprint density at radius 1 is 1.38 bits per heavy atom. The zero-order valence-corrected chi connectivity index (χ0v) is 11.3. The Kier molecular flexibility index (Phi) is 4.07. The molecule has 0 unspecified atom stereocenters. The summed E-state index contributed by atoms with van der Waals surface area (Å²) in [6, 6.07) is 5.97. The van der Waals surface area contributed by atoms with E-state index in [1.165, 1.54) is 13.3 Å². The molecule has 8 heteroatoms. The number of ether oxygens (including phenoxy) is 1. The van der Waals surface area contributed by atoms with Gasteiger partial charge in [0, 0.05) is 18.0 Å². The highest BCUT2D eigenvalue weighted by molar-refractivity contribution is 5.92. The summed E-state index contributed by atoms with van der Waals surface area (Å²) in [5.74, 6) is -0.000542. The summed E-state index contributed by atoms with van der Waals surface area (Å²) in [6.45, 7) is -0.242. The SMILES string of the molecule is COc1ccc(N)cc1NC(=O)Cn1ccc(=O)[nH]c1=O. The third-order valence-electron chi connectivity index (χ3n) is 2.71. The molecule has 0 spiro atoms. The number of carbonyl (C=O) groups excluding carboxylic acids is 1. The largest absolute Gasteiger partial charge is 0.495 e. The zero-order chi connectivity index (χ0) is 15.4. The van der Waals surface area contributed by atoms with Gasteiger partial charge in [-0.25, -0.2) is 4.79 Å². The number of aromatic nitrogens is 2. The number of carbonyl (C=O) groups is 1. The number of nitrogens with one attached hydrogen (secondary N) is 2. The van der Waals surface area contributed by atoms with Crippen molar-refractivity contribution in [2.24, 2.45) is 0 Å². The quantitative estimate of drug-likeness (QED) is 0.672. The topological polar surface area (TPSA) is 119 Å². The van der Waals surface area contributed by atoms with Gasteiger partial charge >= 0.3 is 5.69 Å². The Labute approximate surface area is 119 Å². The first-order chi connectivity index (χ1) is 9.99. The molecular formula is C13H14N4O4. The lowest BCUT2D eigenvalue weighted by molar-refractivity contribution is -0.116. The molecule has 1 amide bonds. The van der Waals surface area contributed by atoms with E-state index in [1.807, 2.05) is 0 Å². The van der Waals surface area contributed by atoms with Crippen molar-refractivity contribution in [2.75, 3.05) is 18.2 Å². The highest BCUT2D eigenvalue weighted by atomic mass is 16.5. The molecule has 2 rings (SSSR count). The number of aromatic amines is 1. The molecule has 0 aliphatic carbocycles. The standard InChI is InChI=1S/C13H14N4O4/c1-21-10-3-2-8(14)6-9(10)15-12(19)7-17-5-4-11(18)16-13(17)20/h2-6H,7,14H2,1H3,(H,15,19)(H,16,18,20). The third kappa shape index (κ3) is 3.50. The van der Waals surface area contributed by atoms with Crippen LogP contribution in [0.15, 0.2) is 40.1 Å². The van der Waals surface area contributed by atoms with Crippen LogP contribution in [0.4, 0.5) is 11.4 Å². The Hall–Kier alpha value is -3.03. The van der Waals surface area contributed by atoms with E-state index in [9.17, 15) is 14.4 Å². The average molecular weight is 290 g/mol. The number of amides is 1. The highest BCUT2D eigenvalue weighted by Gasteiger charge is 2.09. The van der Waals surface area contributed by atoms with Gasteiger partial charge in [0.1, 0.15) is 12.3 Å². The van der Waals surface area contributed by atoms with Crippen LogP contribution in [0.3, 0.4) is 0 Å². The first-order valence-electron chi connectivity index (χ1n) is 6.03. The lowest BCUT2D eigenvalue weighted by atomic mass is 10.2. The van der Waals surface area contributed by atoms with Crippen LogP contribution in [-0.2, 0) is 11.3 Å². The number of hydrogen-bond acceptors (Lipinski definition) is 5. The second kappa shape index (κ2) is 5.95. The van der Waals surface area contributed by atoms with Crippen molar-refractivity contribution < 1.29 is 9.53 Å². The summed E-state index contributed by atoms with van der Waals surface area (Å²) in [4.78, 5) is 36.4. The number of benzene rings is 1. The van der Waals surface area contributed by atoms with Gasteiger partial charge in [-0.05, 0) is 18.2 Å². The molecule has 0 bridgehead atoms. The molecule has 0 radical (unpaired) electrons. The van der Waals surface area contributed by atoms with Gasteiger partial charge in [-0.15, -0.1) is 0 Å². The number of nitrogen functional groups attached to an aromatic ring is 1. The molecule has 0 atom stereocenters. The van der Waals surface area contributed by atoms with Gasteiger partial charge < -0.3 is 15.8 Å². The number of hydrogen-bond donors (Lipinski definition) is 3. The van der Waals surface area contributed by atoms with E-state index in [0.717, 1.165) is 10.6 Å². The zero-order valence-electron chi connectivity index (χ0n) is 11.3. The molecule has 1 aromatic carbocycles. The van der Waals surface area contributed by atoms with E-state index in [-0.39, 0.29) is 6.54 Å². The van der Waals surface area contributed by atoms with Crippen molar-refractivity contribution in [1.29, 1.82) is 0 Å². The fraction of sp³-hybridized carbons (Fsp3) is 0.154. The van der Waals surface area contributed by atoms with Gasteiger partial charge in [-0.3, -0.25) is 19.1 Å². The van der Waals surface area contributed by atoms with Gasteiger partial charge in [-0.2, -0.15) is 0 Å². The third-order valence-corrected chi connectivity index (χ3v) is 2.71. The summed E-state index contributed by atoms with van der Waals surface area (Å²) in [5.41, 5.74) is 5.34. The molecule has 1 heterocycles. The fourth-order valence-electron chi connectivity index (χ4n) is 1.74. The number of nitrogens with two attached hydrogens (primary N) is 1. The fourth-order valence-corrected chi connectivity index (χ4v) is 1.74. The minimum absolute atomic E-state index is 0.242. The normalized spacial score (nSPS) is 10.1. The molecule has 110 valence electrons. The number of anilines is 2. The molecule has 2 aromatic rings. The monoisotopic (exact) mass is 290 g/mol. The van der Waals surface area contributed by atoms with E-state index in [0.29, 0.717) is 17.1 Å². The summed E-state index contributed by atoms with van der Waals surface area (Å²) in [7, 11) is 1.47. The first-order valence-corrected chi connectivity index (χ1v) is 6.03. The lowest BCUT2D eigenvalue weighted by Crippen LogP contribution is -2.32. The molecule has 1 aromatic heterocycles. The van der Waals surface area contributed by atoms with Gasteiger partial charge in [0.25, 0.3) is 5.56 Å². The maximum absolute atomic E-state index is 11.9. The first kappa shape index (κ1) is 14.4. The number of rotatable bonds is 4. The molecule has 0 aliphatic heterocycles. The van der Waals surface area contributed by atoms with Crippen LogP contribution in [0.25, 0.3) is 0 Å². The smallest absolute Gasteiger partial charge is 0.328 e. The van der Waals surface area contributed by atoms with E-state index in [1.54, 1.807) is 18.2 Å². The Bertz CT molecular complexity index is 778. The van der Waals surface area contributed by atoms with Crippen LogP contribution >= 0.6 is 0 Å². The maximum atomic E-state index is 11.9. The predicted molar refractivity (Wildman–Crippen MR) is 77.4 cm³/mol. The predicted octanol–water partition coefficient (Wildman–Crippen LogP) is -0.234. The summed E-state index contributed by atoms with van der Waals surface area (Å²) < 4.78 is 6.18. The molecule has 21 heavy (non-hydrogen) atoms. The van der Waals surface area contributed by atoms with Crippen molar-refractivity contribution in [2.45, 2.75) is 6.54 Å². The summed E-state index contributed by atoms with van der Waals surface area (Å²) in [6.07, 6.45) is 1.25. The minimum atomic E-state index is -0.655. The molecule has 8 nitrogen and oxygen atoms in total. The molecule has 0 saturated heterocycles. The van der Waals surface area contributed by atoms with Crippen LogP contribution in [0, 0.1) is 0 Å². The molecular weight excluding hydrogens is 276 g/mol. The number of nitrogens with zero attached hydrogens (tertiary/aromatic N) is 1. The van der Waals surface area contributed by atoms with Crippen LogP contribution < -0.4 is 27.0 Å². The van der Waals surface area contributed by atoms with Gasteiger partial charge in [-0.1, -0.05) is 0 Å². The van der Waals surface area contributed by atoms with Crippen LogP contribution in [0.1, 0.15) is 0 Å². The van der Waals surface area contributed by atoms with Crippen molar-refractivity contribution in [3.05, 3.63) is 51.3 Å². The molecule has 0 aliphatic rings. The van der Waals surface area contributed by atoms with Crippen molar-refractivity contribution in [3.8, 4) is 5.75 Å². The molecule has 4 N–H and O–H groups in total. The number of H-pyrrole nitrogens is 1. The van der Waals surface area contributed by atoms with Crippen molar-refractivity contribution in [1.82, 2.24) is 9.55 Å². The van der Waals surface area contributed by atoms with Gasteiger partial charge in [0.05, 0.1) is 12.8 Å². The molecule has 0 saturated carbocycles. The van der Waals surface area contributed by atoms with E-state index >= 15 is 0 Å². The Balaban J connectivity index is 2.17. The Morgan fingerprint density at radius 3 is 2.81 bits per heavy atom. The average Bonchev–Trinajstić information content (AvgIpc) is 2.42. The number of methoxy groups -OCH3 is 1. The molecule has 0 fully saturated rings. The van der Waals surface area contributed by atoms with Crippen LogP contribution in [0.2, 0.25) is 0 Å². The van der Waals surface area contributed by atoms with Crippen molar-refractivity contribution in [3.63, 3.8) is 0 Å². The summed E-state index contributed by atoms with van der Waals surface area (Å²) >= 11 is 0. The van der Waals surface area contributed by atoms with Crippen LogP contribution in [0.5, 0.6) is 5.75 Å². The highest BCUT2D eigenvalue weighted by Crippen LogP contribution is 2.26. The van der Waals surface area contributed by atoms with Gasteiger partial charge in [0.15, 0.2) is 0 Å². The van der Waals surface area contributed by atoms with Gasteiger partial charge in [0.2, 0.25) is 5.91 Å². The maximum Gasteiger partial charge on any atom is 0.328 e. The Morgan fingerprint density at radius 2 is 2.14 bits per heavy atom. The van der Waals surface area contributed by atoms with E-state index in [4.69, 9.17) is 10.5 Å². The van der Waals surface area contributed by atoms with Crippen LogP contribution in [-0.4, -0.2) is 22.6 Å². The van der Waals surface area contributed by atoms with E-state index < -0.39 is 17.2 Å². The van der Waals surface area contributed by atoms with Crippen molar-refractivity contribution >= 4 is 17.3 Å². The lowest BCUT2D eigenvalue weighted by Gasteiger charge is -2.11. The second-order valence-electron chi connectivity index (χ2n) is 4.25. The minimum Gasteiger partial charge on any atom is -0.495 e. The van der Waals surface area contributed by atoms with E-state index in [2.05, 4.69) is 10.3 Å². The summed E-state index contributed by atoms with van der Waals surface area (Å²) in [5, 5.41) is 2.60. The second-order valence-corrected chi connectivity index (χ2v) is 4.25.